The van der Waals surface area contributed by atoms with Gasteiger partial charge in [0.15, 0.2) is 5.69 Å². The van der Waals surface area contributed by atoms with Gasteiger partial charge in [0.1, 0.15) is 0 Å². The van der Waals surface area contributed by atoms with Gasteiger partial charge in [0.25, 0.3) is 5.56 Å². The molecule has 1 aliphatic rings. The number of H-pyrrole nitrogens is 1. The number of aryl methyl sites for hydroxylation is 1. The third-order valence-electron chi connectivity index (χ3n) is 3.77. The fraction of sp³-hybridized carbons (Fsp3) is 0.357. The van der Waals surface area contributed by atoms with Gasteiger partial charge in [0.2, 0.25) is 0 Å². The maximum Gasteiger partial charge on any atom is 0.435 e. The molecule has 116 valence electrons. The number of pyridine rings is 1. The average molecular weight is 310 g/mol. The first-order valence-electron chi connectivity index (χ1n) is 6.71. The molecule has 0 unspecified atom stereocenters. The second-order valence-corrected chi connectivity index (χ2v) is 5.19. The van der Waals surface area contributed by atoms with Crippen LogP contribution in [0.1, 0.15) is 22.4 Å². The molecule has 1 N–H and O–H groups in total. The van der Waals surface area contributed by atoms with Crippen molar-refractivity contribution in [2.75, 3.05) is 11.4 Å². The summed E-state index contributed by atoms with van der Waals surface area (Å²) in [6.45, 7) is 2.33. The topological polar surface area (TPSA) is 61.9 Å². The Hall–Kier alpha value is -2.38. The summed E-state index contributed by atoms with van der Waals surface area (Å²) < 4.78 is 39.3. The molecule has 0 saturated heterocycles. The van der Waals surface area contributed by atoms with Crippen LogP contribution in [0.5, 0.6) is 0 Å². The van der Waals surface area contributed by atoms with Gasteiger partial charge in [-0.05, 0) is 25.0 Å². The van der Waals surface area contributed by atoms with Crippen LogP contribution in [0.15, 0.2) is 23.3 Å². The Kier molecular flexibility index (Phi) is 3.38. The predicted molar refractivity (Wildman–Crippen MR) is 73.6 cm³/mol. The second kappa shape index (κ2) is 5.11. The number of aromatic amines is 1. The van der Waals surface area contributed by atoms with Gasteiger partial charge in [-0.15, -0.1) is 0 Å². The number of nitrogens with zero attached hydrogens (tertiary/aromatic N) is 3. The van der Waals surface area contributed by atoms with E-state index in [-0.39, 0.29) is 24.1 Å². The molecule has 22 heavy (non-hydrogen) atoms. The Labute approximate surface area is 123 Å². The highest BCUT2D eigenvalue weighted by Gasteiger charge is 2.39. The quantitative estimate of drug-likeness (QED) is 0.876. The van der Waals surface area contributed by atoms with Crippen molar-refractivity contribution in [1.29, 1.82) is 0 Å². The highest BCUT2D eigenvalue weighted by molar-refractivity contribution is 5.54. The minimum Gasteiger partial charge on any atom is -0.366 e. The molecule has 3 heterocycles. The van der Waals surface area contributed by atoms with E-state index in [1.165, 1.54) is 0 Å². The number of nitrogens with one attached hydrogen (secondary N) is 1. The van der Waals surface area contributed by atoms with Crippen molar-refractivity contribution in [3.05, 3.63) is 51.2 Å². The molecule has 0 fully saturated rings. The van der Waals surface area contributed by atoms with Crippen LogP contribution in [0.4, 0.5) is 18.9 Å². The minimum atomic E-state index is -4.59. The first-order chi connectivity index (χ1) is 10.4. The summed E-state index contributed by atoms with van der Waals surface area (Å²) in [7, 11) is 0. The molecule has 8 heteroatoms. The van der Waals surface area contributed by atoms with Crippen molar-refractivity contribution in [2.24, 2.45) is 0 Å². The summed E-state index contributed by atoms with van der Waals surface area (Å²) >= 11 is 0. The Morgan fingerprint density at radius 1 is 1.32 bits per heavy atom. The molecule has 0 atom stereocenters. The molecule has 5 nitrogen and oxygen atoms in total. The van der Waals surface area contributed by atoms with Crippen molar-refractivity contribution in [1.82, 2.24) is 15.2 Å². The van der Waals surface area contributed by atoms with Crippen LogP contribution >= 0.6 is 0 Å². The molecule has 2 aromatic rings. The molecule has 0 aliphatic carbocycles. The number of hydrogen-bond acceptors (Lipinski definition) is 4. The van der Waals surface area contributed by atoms with Crippen molar-refractivity contribution >= 4 is 5.69 Å². The zero-order valence-electron chi connectivity index (χ0n) is 11.7. The van der Waals surface area contributed by atoms with Gasteiger partial charge < -0.3 is 4.90 Å². The SMILES string of the molecule is Cc1cnccc1N1CCc2c(c(C(F)(F)F)n[nH]c2=O)C1. The highest BCUT2D eigenvalue weighted by atomic mass is 19.4. The smallest absolute Gasteiger partial charge is 0.366 e. The van der Waals surface area contributed by atoms with Crippen molar-refractivity contribution in [3.63, 3.8) is 0 Å². The van der Waals surface area contributed by atoms with E-state index in [1.807, 2.05) is 16.9 Å². The number of hydrogen-bond donors (Lipinski definition) is 1. The van der Waals surface area contributed by atoms with E-state index in [1.54, 1.807) is 18.5 Å². The lowest BCUT2D eigenvalue weighted by atomic mass is 9.99. The number of halogens is 3. The van der Waals surface area contributed by atoms with Gasteiger partial charge in [-0.3, -0.25) is 9.78 Å². The molecule has 0 aromatic carbocycles. The van der Waals surface area contributed by atoms with E-state index >= 15 is 0 Å². The molecule has 0 bridgehead atoms. The maximum atomic E-state index is 13.1. The van der Waals surface area contributed by atoms with E-state index in [4.69, 9.17) is 0 Å². The Morgan fingerprint density at radius 2 is 2.09 bits per heavy atom. The van der Waals surface area contributed by atoms with E-state index in [0.717, 1.165) is 11.3 Å². The van der Waals surface area contributed by atoms with E-state index in [9.17, 15) is 18.0 Å². The number of anilines is 1. The van der Waals surface area contributed by atoms with E-state index in [2.05, 4.69) is 10.1 Å². The van der Waals surface area contributed by atoms with Crippen LogP contribution in [0.3, 0.4) is 0 Å². The summed E-state index contributed by atoms with van der Waals surface area (Å²) in [6, 6.07) is 1.76. The summed E-state index contributed by atoms with van der Waals surface area (Å²) in [4.78, 5) is 17.5. The van der Waals surface area contributed by atoms with Gasteiger partial charge >= 0.3 is 6.18 Å². The normalized spacial score (nSPS) is 14.8. The molecule has 0 amide bonds. The standard InChI is InChI=1S/C14H13F3N4O/c1-8-6-18-4-2-11(8)21-5-3-9-10(7-21)12(14(15,16)17)19-20-13(9)22/h2,4,6H,3,5,7H2,1H3,(H,20,22). The lowest BCUT2D eigenvalue weighted by Gasteiger charge is -2.32. The number of rotatable bonds is 1. The second-order valence-electron chi connectivity index (χ2n) is 5.19. The molecular weight excluding hydrogens is 297 g/mol. The van der Waals surface area contributed by atoms with Gasteiger partial charge in [0, 0.05) is 42.3 Å². The highest BCUT2D eigenvalue weighted by Crippen LogP contribution is 2.34. The molecule has 1 aliphatic heterocycles. The van der Waals surface area contributed by atoms with Crippen molar-refractivity contribution < 1.29 is 13.2 Å². The molecule has 0 saturated carbocycles. The maximum absolute atomic E-state index is 13.1. The Morgan fingerprint density at radius 3 is 2.77 bits per heavy atom. The molecule has 2 aromatic heterocycles. The fourth-order valence-electron chi connectivity index (χ4n) is 2.73. The van der Waals surface area contributed by atoms with E-state index in [0.29, 0.717) is 6.54 Å². The Bertz CT molecular complexity index is 769. The van der Waals surface area contributed by atoms with Crippen molar-refractivity contribution in [3.8, 4) is 0 Å². The first-order valence-corrected chi connectivity index (χ1v) is 6.71. The van der Waals surface area contributed by atoms with Gasteiger partial charge in [-0.25, -0.2) is 5.10 Å². The van der Waals surface area contributed by atoms with Gasteiger partial charge in [0.05, 0.1) is 0 Å². The monoisotopic (exact) mass is 310 g/mol. The predicted octanol–water partition coefficient (Wildman–Crippen LogP) is 2.05. The van der Waals surface area contributed by atoms with E-state index < -0.39 is 17.4 Å². The van der Waals surface area contributed by atoms with Crippen LogP contribution in [0.25, 0.3) is 0 Å². The van der Waals surface area contributed by atoms with Crippen LogP contribution in [-0.2, 0) is 19.1 Å². The number of fused-ring (bicyclic) bond motifs is 1. The summed E-state index contributed by atoms with van der Waals surface area (Å²) in [5, 5.41) is 5.16. The van der Waals surface area contributed by atoms with Crippen LogP contribution in [0, 0.1) is 6.92 Å². The molecular formula is C14H13F3N4O. The third-order valence-corrected chi connectivity index (χ3v) is 3.77. The third kappa shape index (κ3) is 2.44. The molecule has 3 rings (SSSR count). The largest absolute Gasteiger partial charge is 0.435 e. The molecule has 0 radical (unpaired) electrons. The minimum absolute atomic E-state index is 0.00590. The Balaban J connectivity index is 2.07. The fourth-order valence-corrected chi connectivity index (χ4v) is 2.73. The van der Waals surface area contributed by atoms with Crippen LogP contribution in [0.2, 0.25) is 0 Å². The summed E-state index contributed by atoms with van der Waals surface area (Å²) in [5.41, 5.74) is 0.253. The lowest BCUT2D eigenvalue weighted by molar-refractivity contribution is -0.142. The van der Waals surface area contributed by atoms with Crippen molar-refractivity contribution in [2.45, 2.75) is 26.1 Å². The molecule has 0 spiro atoms. The summed E-state index contributed by atoms with van der Waals surface area (Å²) in [5.74, 6) is 0. The number of alkyl halides is 3. The van der Waals surface area contributed by atoms with Crippen LogP contribution < -0.4 is 10.5 Å². The van der Waals surface area contributed by atoms with Gasteiger partial charge in [-0.1, -0.05) is 0 Å². The van der Waals surface area contributed by atoms with Crippen LogP contribution in [-0.4, -0.2) is 21.7 Å². The summed E-state index contributed by atoms with van der Waals surface area (Å²) in [6.07, 6.45) is -1.09. The zero-order valence-corrected chi connectivity index (χ0v) is 11.7. The number of aromatic nitrogens is 3. The average Bonchev–Trinajstić information content (AvgIpc) is 2.46. The lowest BCUT2D eigenvalue weighted by Crippen LogP contribution is -2.37. The first kappa shape index (κ1) is 14.6. The zero-order chi connectivity index (χ0) is 15.9. The van der Waals surface area contributed by atoms with Gasteiger partial charge in [-0.2, -0.15) is 18.3 Å².